The predicted molar refractivity (Wildman–Crippen MR) is 252 cm³/mol. The first-order valence-corrected chi connectivity index (χ1v) is 22.6. The number of urea groups is 1. The maximum atomic E-state index is 16.5. The first-order chi connectivity index (χ1) is 33.8. The van der Waals surface area contributed by atoms with E-state index in [1.807, 2.05) is 53.4 Å². The average molecular weight is 955 g/mol. The molecule has 3 heterocycles. The third-order valence-electron chi connectivity index (χ3n) is 12.8. The van der Waals surface area contributed by atoms with Crippen molar-refractivity contribution in [2.24, 2.45) is 17.8 Å². The smallest absolute Gasteiger partial charge is 0.329 e. The molecule has 4 amide bonds. The number of methoxy groups -OCH3 is 3. The van der Waals surface area contributed by atoms with Crippen LogP contribution in [0, 0.1) is 29.6 Å². The second-order valence-electron chi connectivity index (χ2n) is 17.1. The normalized spacial score (nSPS) is 21.7. The quantitative estimate of drug-likeness (QED) is 0.0487. The fourth-order valence-electron chi connectivity index (χ4n) is 9.83. The van der Waals surface area contributed by atoms with Gasteiger partial charge in [0.25, 0.3) is 0 Å². The van der Waals surface area contributed by atoms with Crippen molar-refractivity contribution in [1.82, 2.24) is 15.5 Å². The van der Waals surface area contributed by atoms with Gasteiger partial charge in [-0.1, -0.05) is 105 Å². The molecule has 3 aliphatic rings. The summed E-state index contributed by atoms with van der Waals surface area (Å²) in [6.45, 7) is 6.68. The molecule has 0 radical (unpaired) electrons. The Balaban J connectivity index is 1.58. The van der Waals surface area contributed by atoms with Gasteiger partial charge in [-0.25, -0.2) is 14.5 Å². The van der Waals surface area contributed by atoms with Crippen molar-refractivity contribution >= 4 is 47.4 Å². The summed E-state index contributed by atoms with van der Waals surface area (Å²) in [6, 6.07) is 23.6. The topological polar surface area (TPSA) is 216 Å². The highest BCUT2D eigenvalue weighted by molar-refractivity contribution is 6.25. The zero-order valence-electron chi connectivity index (χ0n) is 39.3. The van der Waals surface area contributed by atoms with Crippen LogP contribution in [0.4, 0.5) is 10.5 Å². The zero-order chi connectivity index (χ0) is 50.3. The van der Waals surface area contributed by atoms with E-state index in [4.69, 9.17) is 23.7 Å². The molecule has 0 aliphatic carbocycles. The maximum Gasteiger partial charge on any atom is 0.329 e. The second kappa shape index (κ2) is 21.6. The molecule has 7 unspecified atom stereocenters. The summed E-state index contributed by atoms with van der Waals surface area (Å²) in [7, 11) is 3.42. The van der Waals surface area contributed by atoms with Crippen molar-refractivity contribution in [2.45, 2.75) is 56.0 Å². The lowest BCUT2D eigenvalue weighted by Gasteiger charge is -2.46. The largest absolute Gasteiger partial charge is 0.491 e. The Hall–Kier alpha value is -7.81. The molecule has 4 aromatic carbocycles. The van der Waals surface area contributed by atoms with Gasteiger partial charge in [0.1, 0.15) is 36.0 Å². The van der Waals surface area contributed by atoms with Crippen LogP contribution in [0.15, 0.2) is 116 Å². The number of fused-ring (bicyclic) bond motifs is 3. The van der Waals surface area contributed by atoms with E-state index in [9.17, 15) is 24.3 Å². The number of esters is 4. The highest BCUT2D eigenvalue weighted by Crippen LogP contribution is 2.66. The number of amides is 4. The molecule has 2 fully saturated rings. The molecule has 70 heavy (non-hydrogen) atoms. The van der Waals surface area contributed by atoms with Crippen molar-refractivity contribution in [3.05, 3.63) is 144 Å². The maximum absolute atomic E-state index is 16.5. The summed E-state index contributed by atoms with van der Waals surface area (Å²) in [5.74, 6) is -2.46. The Bertz CT molecular complexity index is 2700. The Morgan fingerprint density at radius 2 is 1.47 bits per heavy atom. The van der Waals surface area contributed by atoms with Gasteiger partial charge in [-0.3, -0.25) is 28.9 Å². The van der Waals surface area contributed by atoms with Crippen LogP contribution < -0.4 is 20.3 Å². The van der Waals surface area contributed by atoms with Gasteiger partial charge in [-0.15, -0.1) is 6.58 Å². The lowest BCUT2D eigenvalue weighted by Crippen LogP contribution is -2.57. The van der Waals surface area contributed by atoms with Gasteiger partial charge in [-0.2, -0.15) is 0 Å². The van der Waals surface area contributed by atoms with E-state index in [1.165, 1.54) is 25.3 Å². The highest BCUT2D eigenvalue weighted by atomic mass is 16.6. The number of carbonyl (C=O) groups is 7. The number of nitrogens with zero attached hydrogens (tertiary/aromatic N) is 2. The van der Waals surface area contributed by atoms with Gasteiger partial charge < -0.3 is 39.4 Å². The standard InChI is InChI=1S/C53H54N4O13/c1-7-26-54-46(59)40-43-50(63)70-44(34-19-12-9-13-20-34)42(33-17-10-8-11-18-33)57(43)45(35-21-15-22-36(30-35)69-28-27-58)53(40)38-29-32(16-14-23-37(47(60)66-4)48(61)67-5)24-25-39(38)56(51(53)64)52(65)55-41(31(2)3)49(62)68-6/h7-13,15,17-22,24-25,29-31,37,40-45,58H,1,23,26-28H2,2-6H3,(H,54,59)(H,55,65). The Labute approximate surface area is 405 Å². The second-order valence-corrected chi connectivity index (χ2v) is 17.1. The van der Waals surface area contributed by atoms with Crippen LogP contribution in [0.3, 0.4) is 0 Å². The summed E-state index contributed by atoms with van der Waals surface area (Å²) in [5.41, 5.74) is -0.211. The summed E-state index contributed by atoms with van der Waals surface area (Å²) in [4.78, 5) is 103. The molecule has 0 saturated carbocycles. The summed E-state index contributed by atoms with van der Waals surface area (Å²) < 4.78 is 27.1. The van der Waals surface area contributed by atoms with E-state index in [-0.39, 0.29) is 48.7 Å². The number of nitrogens with one attached hydrogen (secondary N) is 2. The number of anilines is 1. The first-order valence-electron chi connectivity index (χ1n) is 22.6. The predicted octanol–water partition coefficient (Wildman–Crippen LogP) is 4.64. The molecule has 0 aromatic heterocycles. The van der Waals surface area contributed by atoms with Crippen LogP contribution >= 0.6 is 0 Å². The minimum atomic E-state index is -2.22. The van der Waals surface area contributed by atoms with Gasteiger partial charge in [-0.05, 0) is 58.5 Å². The van der Waals surface area contributed by atoms with Gasteiger partial charge in [0.15, 0.2) is 5.92 Å². The molecule has 1 spiro atoms. The number of hydrogen-bond donors (Lipinski definition) is 3. The number of rotatable bonds is 15. The van der Waals surface area contributed by atoms with Crippen molar-refractivity contribution in [3.63, 3.8) is 0 Å². The van der Waals surface area contributed by atoms with Gasteiger partial charge >= 0.3 is 29.9 Å². The fraction of sp³-hybridized carbons (Fsp3) is 0.340. The van der Waals surface area contributed by atoms with Gasteiger partial charge in [0.05, 0.1) is 51.6 Å². The van der Waals surface area contributed by atoms with Crippen molar-refractivity contribution in [3.8, 4) is 17.6 Å². The summed E-state index contributed by atoms with van der Waals surface area (Å²) >= 11 is 0. The molecule has 17 nitrogen and oxygen atoms in total. The molecule has 17 heteroatoms. The number of morpholine rings is 1. The van der Waals surface area contributed by atoms with E-state index in [1.54, 1.807) is 56.3 Å². The molecule has 364 valence electrons. The van der Waals surface area contributed by atoms with Crippen LogP contribution in [0.2, 0.25) is 0 Å². The minimum absolute atomic E-state index is 0.00529. The van der Waals surface area contributed by atoms with Crippen molar-refractivity contribution in [2.75, 3.05) is 46.0 Å². The Kier molecular flexibility index (Phi) is 15.5. The molecule has 3 N–H and O–H groups in total. The highest BCUT2D eigenvalue weighted by Gasteiger charge is 2.75. The Morgan fingerprint density at radius 3 is 2.09 bits per heavy atom. The number of imide groups is 1. The SMILES string of the molecule is C=CCNC(=O)C1C2C(=O)OC(c3ccccc3)C(c3ccccc3)N2C(c2cccc(OCCO)c2)C12C(=O)N(C(=O)NC(C(=O)OC)C(C)C)c1ccc(C#CCC(C(=O)OC)C(=O)OC)cc12. The number of aliphatic hydroxyl groups is 1. The van der Waals surface area contributed by atoms with Crippen LogP contribution in [0.1, 0.15) is 66.3 Å². The number of hydrogen-bond acceptors (Lipinski definition) is 14. The summed E-state index contributed by atoms with van der Waals surface area (Å²) in [6.07, 6.45) is 0.115. The molecule has 3 aliphatic heterocycles. The van der Waals surface area contributed by atoms with Crippen molar-refractivity contribution in [1.29, 1.82) is 0 Å². The monoisotopic (exact) mass is 954 g/mol. The fourth-order valence-corrected chi connectivity index (χ4v) is 9.83. The summed E-state index contributed by atoms with van der Waals surface area (Å²) in [5, 5.41) is 15.3. The third-order valence-corrected chi connectivity index (χ3v) is 12.8. The number of ether oxygens (including phenoxy) is 5. The van der Waals surface area contributed by atoms with Gasteiger partial charge in [0.2, 0.25) is 11.8 Å². The molecule has 7 rings (SSSR count). The van der Waals surface area contributed by atoms with E-state index >= 15 is 14.4 Å². The van der Waals surface area contributed by atoms with E-state index in [2.05, 4.69) is 29.1 Å². The van der Waals surface area contributed by atoms with Crippen LogP contribution in [0.5, 0.6) is 5.75 Å². The molecular weight excluding hydrogens is 901 g/mol. The van der Waals surface area contributed by atoms with Crippen molar-refractivity contribution < 1.29 is 62.4 Å². The van der Waals surface area contributed by atoms with Crippen LogP contribution in [0.25, 0.3) is 0 Å². The lowest BCUT2D eigenvalue weighted by atomic mass is 9.65. The number of carbonyl (C=O) groups excluding carboxylic acids is 7. The van der Waals surface area contributed by atoms with Crippen LogP contribution in [-0.2, 0) is 53.1 Å². The van der Waals surface area contributed by atoms with E-state index in [0.29, 0.717) is 16.7 Å². The van der Waals surface area contributed by atoms with E-state index < -0.39 is 95.2 Å². The molecule has 7 atom stereocenters. The number of cyclic esters (lactones) is 1. The average Bonchev–Trinajstić information content (AvgIpc) is 3.83. The molecule has 4 aromatic rings. The molecular formula is C53H54N4O13. The minimum Gasteiger partial charge on any atom is -0.491 e. The number of benzene rings is 4. The van der Waals surface area contributed by atoms with Crippen LogP contribution in [-0.4, -0.2) is 105 Å². The number of aliphatic hydroxyl groups excluding tert-OH is 1. The zero-order valence-corrected chi connectivity index (χ0v) is 39.3. The molecule has 2 saturated heterocycles. The van der Waals surface area contributed by atoms with E-state index in [0.717, 1.165) is 19.1 Å². The third kappa shape index (κ3) is 9.23. The first kappa shape index (κ1) is 50.1. The molecule has 0 bridgehead atoms. The Morgan fingerprint density at radius 1 is 0.829 bits per heavy atom. The van der Waals surface area contributed by atoms with Gasteiger partial charge in [0, 0.05) is 18.5 Å². The lowest BCUT2D eigenvalue weighted by molar-refractivity contribution is -0.178.